The Balaban J connectivity index is 1.58. The highest BCUT2D eigenvalue weighted by Gasteiger charge is 2.70. The molecule has 7 nitrogen and oxygen atoms in total. The van der Waals surface area contributed by atoms with Crippen molar-refractivity contribution in [2.75, 3.05) is 13.1 Å². The van der Waals surface area contributed by atoms with Gasteiger partial charge in [-0.2, -0.15) is 0 Å². The molecule has 0 saturated carbocycles. The standard InChI is InChI=1S/C24H31NO6/c1-2-25(16-6-4-3-5-7-16,24(22(28)29)15-18-9-11-20(24)31-18)13-12-23(21(26)27)14-17-8-10-19(23)30-17/h3-7,17-20H,2,8-15H2,1H3,(H-,26,27,28,29)/p+1. The molecule has 0 aromatic heterocycles. The molecule has 0 aliphatic carbocycles. The number of likely N-dealkylation sites (N-methyl/N-ethyl adjacent to an activating group) is 1. The molecule has 7 heteroatoms. The van der Waals surface area contributed by atoms with E-state index in [1.807, 2.05) is 37.3 Å². The van der Waals surface area contributed by atoms with Crippen LogP contribution in [0.3, 0.4) is 0 Å². The fraction of sp³-hybridized carbons (Fsp3) is 0.667. The van der Waals surface area contributed by atoms with E-state index in [9.17, 15) is 19.8 Å². The first-order valence-electron chi connectivity index (χ1n) is 11.6. The van der Waals surface area contributed by atoms with E-state index in [2.05, 4.69) is 0 Å². The molecule has 0 radical (unpaired) electrons. The van der Waals surface area contributed by atoms with E-state index in [0.717, 1.165) is 31.4 Å². The van der Waals surface area contributed by atoms with Crippen LogP contribution in [0.2, 0.25) is 0 Å². The first-order valence-corrected chi connectivity index (χ1v) is 11.6. The number of carboxylic acids is 2. The number of carboxylic acid groups (broad SMARTS) is 2. The van der Waals surface area contributed by atoms with Gasteiger partial charge in [0.1, 0.15) is 17.2 Å². The van der Waals surface area contributed by atoms with Gasteiger partial charge in [-0.15, -0.1) is 0 Å². The van der Waals surface area contributed by atoms with Crippen molar-refractivity contribution in [3.63, 3.8) is 0 Å². The summed E-state index contributed by atoms with van der Waals surface area (Å²) in [7, 11) is 0. The highest BCUT2D eigenvalue weighted by Crippen LogP contribution is 2.54. The zero-order valence-corrected chi connectivity index (χ0v) is 18.0. The van der Waals surface area contributed by atoms with E-state index in [1.54, 1.807) is 0 Å². The SMILES string of the molecule is CC[N+](CCC1(C(=O)O)CC2CCC1O2)(c1ccccc1)C1(C(=O)O)CC2CCC1O2. The molecule has 7 atom stereocenters. The second-order valence-corrected chi connectivity index (χ2v) is 9.84. The van der Waals surface area contributed by atoms with E-state index in [-0.39, 0.29) is 28.9 Å². The molecule has 31 heavy (non-hydrogen) atoms. The van der Waals surface area contributed by atoms with Crippen molar-refractivity contribution in [3.8, 4) is 0 Å². The van der Waals surface area contributed by atoms with Gasteiger partial charge in [-0.25, -0.2) is 4.79 Å². The molecule has 5 rings (SSSR count). The smallest absolute Gasteiger partial charge is 0.369 e. The van der Waals surface area contributed by atoms with Gasteiger partial charge in [0, 0.05) is 12.8 Å². The molecule has 1 aromatic rings. The number of rotatable bonds is 8. The number of hydrogen-bond donors (Lipinski definition) is 2. The maximum atomic E-state index is 13.0. The number of fused-ring (bicyclic) bond motifs is 4. The van der Waals surface area contributed by atoms with Crippen LogP contribution in [-0.2, 0) is 19.1 Å². The molecular weight excluding hydrogens is 398 g/mol. The second kappa shape index (κ2) is 7.29. The normalized spacial score (nSPS) is 40.2. The lowest BCUT2D eigenvalue weighted by Crippen LogP contribution is -2.74. The van der Waals surface area contributed by atoms with Crippen LogP contribution in [0.1, 0.15) is 51.9 Å². The Hall–Kier alpha value is -1.96. The molecule has 4 fully saturated rings. The summed E-state index contributed by atoms with van der Waals surface area (Å²) in [4.78, 5) is 25.5. The van der Waals surface area contributed by atoms with E-state index >= 15 is 0 Å². The molecule has 4 bridgehead atoms. The molecule has 4 aliphatic rings. The van der Waals surface area contributed by atoms with Gasteiger partial charge in [0.05, 0.1) is 31.4 Å². The van der Waals surface area contributed by atoms with Crippen LogP contribution in [0, 0.1) is 5.41 Å². The summed E-state index contributed by atoms with van der Waals surface area (Å²) in [5.74, 6) is -1.64. The van der Waals surface area contributed by atoms with Crippen molar-refractivity contribution in [2.45, 2.75) is 81.8 Å². The predicted molar refractivity (Wildman–Crippen MR) is 114 cm³/mol. The largest absolute Gasteiger partial charge is 0.481 e. The van der Waals surface area contributed by atoms with E-state index < -0.39 is 22.9 Å². The highest BCUT2D eigenvalue weighted by atomic mass is 16.5. The van der Waals surface area contributed by atoms with Crippen molar-refractivity contribution in [1.29, 1.82) is 0 Å². The maximum absolute atomic E-state index is 13.0. The van der Waals surface area contributed by atoms with Gasteiger partial charge in [0.25, 0.3) is 0 Å². The number of para-hydroxylation sites is 1. The predicted octanol–water partition coefficient (Wildman–Crippen LogP) is 3.20. The lowest BCUT2D eigenvalue weighted by molar-refractivity contribution is -0.157. The Morgan fingerprint density at radius 3 is 2.06 bits per heavy atom. The van der Waals surface area contributed by atoms with Gasteiger partial charge in [-0.3, -0.25) is 9.28 Å². The van der Waals surface area contributed by atoms with Gasteiger partial charge < -0.3 is 19.7 Å². The average Bonchev–Trinajstić information content (AvgIpc) is 3.56. The Labute approximate surface area is 182 Å². The molecule has 0 spiro atoms. The van der Waals surface area contributed by atoms with Gasteiger partial charge in [-0.1, -0.05) is 18.2 Å². The molecule has 4 aliphatic heterocycles. The van der Waals surface area contributed by atoms with Gasteiger partial charge in [-0.05, 0) is 51.2 Å². The van der Waals surface area contributed by atoms with Crippen LogP contribution in [0.5, 0.6) is 0 Å². The van der Waals surface area contributed by atoms with Gasteiger partial charge in [0.15, 0.2) is 0 Å². The summed E-state index contributed by atoms with van der Waals surface area (Å²) in [5.41, 5.74) is -1.11. The van der Waals surface area contributed by atoms with Crippen LogP contribution in [-0.4, -0.2) is 65.2 Å². The summed E-state index contributed by atoms with van der Waals surface area (Å²) in [5, 5.41) is 20.9. The minimum absolute atomic E-state index is 0.0145. The summed E-state index contributed by atoms with van der Waals surface area (Å²) in [6.07, 6.45) is 4.07. The van der Waals surface area contributed by atoms with Crippen molar-refractivity contribution in [3.05, 3.63) is 30.3 Å². The Bertz CT molecular complexity index is 876. The van der Waals surface area contributed by atoms with E-state index in [4.69, 9.17) is 9.47 Å². The lowest BCUT2D eigenvalue weighted by Gasteiger charge is -2.51. The minimum Gasteiger partial charge on any atom is -0.481 e. The average molecular weight is 431 g/mol. The van der Waals surface area contributed by atoms with Gasteiger partial charge in [0.2, 0.25) is 5.54 Å². The molecular formula is C24H32NO6+. The second-order valence-electron chi connectivity index (χ2n) is 9.84. The van der Waals surface area contributed by atoms with Crippen LogP contribution < -0.4 is 4.48 Å². The third-order valence-corrected chi connectivity index (χ3v) is 8.78. The van der Waals surface area contributed by atoms with E-state index in [0.29, 0.717) is 32.4 Å². The number of aliphatic carboxylic acids is 2. The monoisotopic (exact) mass is 430 g/mol. The van der Waals surface area contributed by atoms with E-state index in [1.165, 1.54) is 0 Å². The maximum Gasteiger partial charge on any atom is 0.369 e. The number of nitrogens with zero attached hydrogens (tertiary/aromatic N) is 1. The molecule has 168 valence electrons. The van der Waals surface area contributed by atoms with Crippen molar-refractivity contribution in [1.82, 2.24) is 4.48 Å². The fourth-order valence-electron chi connectivity index (χ4n) is 7.22. The van der Waals surface area contributed by atoms with Crippen molar-refractivity contribution >= 4 is 17.6 Å². The third kappa shape index (κ3) is 2.76. The Morgan fingerprint density at radius 2 is 1.61 bits per heavy atom. The van der Waals surface area contributed by atoms with Crippen LogP contribution in [0.4, 0.5) is 5.69 Å². The van der Waals surface area contributed by atoms with Crippen LogP contribution >= 0.6 is 0 Å². The zero-order valence-electron chi connectivity index (χ0n) is 18.0. The number of hydrogen-bond acceptors (Lipinski definition) is 4. The molecule has 4 heterocycles. The summed E-state index contributed by atoms with van der Waals surface area (Å²) in [6, 6.07) is 9.79. The third-order valence-electron chi connectivity index (χ3n) is 8.78. The molecule has 7 unspecified atom stereocenters. The molecule has 1 aromatic carbocycles. The van der Waals surface area contributed by atoms with Crippen LogP contribution in [0.25, 0.3) is 0 Å². The first kappa shape index (κ1) is 20.9. The number of ether oxygens (including phenoxy) is 2. The zero-order chi connectivity index (χ0) is 21.9. The fourth-order valence-corrected chi connectivity index (χ4v) is 7.22. The first-order chi connectivity index (χ1) is 14.9. The van der Waals surface area contributed by atoms with Crippen LogP contribution in [0.15, 0.2) is 30.3 Å². The summed E-state index contributed by atoms with van der Waals surface area (Å²) in [6.45, 7) is 3.03. The summed E-state index contributed by atoms with van der Waals surface area (Å²) >= 11 is 0. The topological polar surface area (TPSA) is 93.1 Å². The quantitative estimate of drug-likeness (QED) is 0.616. The summed E-state index contributed by atoms with van der Waals surface area (Å²) < 4.78 is 12.3. The highest BCUT2D eigenvalue weighted by molar-refractivity contribution is 5.84. The molecule has 2 N–H and O–H groups in total. The number of benzene rings is 1. The van der Waals surface area contributed by atoms with Crippen molar-refractivity contribution < 1.29 is 29.3 Å². The number of quaternary nitrogens is 1. The van der Waals surface area contributed by atoms with Gasteiger partial charge >= 0.3 is 11.9 Å². The minimum atomic E-state index is -1.10. The Kier molecular flexibility index (Phi) is 4.92. The Morgan fingerprint density at radius 1 is 0.968 bits per heavy atom. The molecule has 4 saturated heterocycles. The van der Waals surface area contributed by atoms with Crippen molar-refractivity contribution in [2.24, 2.45) is 5.41 Å². The molecule has 0 amide bonds. The lowest BCUT2D eigenvalue weighted by atomic mass is 9.70. The number of carbonyl (C=O) groups is 2.